The molecular formula is C17H32N2O17P4. The average Bonchev–Trinajstić information content (AvgIpc) is 3.06. The quantitative estimate of drug-likeness (QED) is 0.0908. The minimum atomic E-state index is -5.97. The third-order valence-corrected chi connectivity index (χ3v) is 11.8. The highest BCUT2D eigenvalue weighted by Crippen LogP contribution is 2.71. The molecule has 232 valence electrons. The molecule has 1 saturated heterocycles. The van der Waals surface area contributed by atoms with E-state index in [-0.39, 0.29) is 6.42 Å². The van der Waals surface area contributed by atoms with Gasteiger partial charge in [-0.15, -0.1) is 0 Å². The Hall–Kier alpha value is -0.840. The standard InChI is InChI=1S/C17H32N2O17P4/c1-2-3-4-5-6-7-10-37(24,25)34-39(28,29)36-40(30,31)35-38(26,27)32-11-12-14(21)15(22)16(33-12)19-9-8-13(20)18-17(19)23/h8-9,12,14-16,21-22H,2-7,10-11H2,1H3,(H,24,25)(H,26,27)(H,28,29)(H,30,31)(H,18,20,23)/t12-,14+,15?,16-/m1/s1. The number of phosphoric ester groups is 1. The van der Waals surface area contributed by atoms with Gasteiger partial charge in [-0.05, 0) is 6.42 Å². The average molecular weight is 660 g/mol. The Balaban J connectivity index is 1.92. The molecule has 0 aliphatic carbocycles. The van der Waals surface area contributed by atoms with Crippen molar-refractivity contribution in [3.8, 4) is 0 Å². The van der Waals surface area contributed by atoms with Crippen molar-refractivity contribution in [1.82, 2.24) is 9.55 Å². The first-order chi connectivity index (χ1) is 18.4. The normalized spacial score (nSPS) is 27.4. The van der Waals surface area contributed by atoms with E-state index in [1.54, 1.807) is 0 Å². The van der Waals surface area contributed by atoms with Crippen molar-refractivity contribution in [1.29, 1.82) is 0 Å². The van der Waals surface area contributed by atoms with E-state index >= 15 is 0 Å². The number of aromatic nitrogens is 2. The topological polar surface area (TPSA) is 291 Å². The lowest BCUT2D eigenvalue weighted by Crippen LogP contribution is -2.37. The number of nitrogens with one attached hydrogen (secondary N) is 1. The molecular weight excluding hydrogens is 628 g/mol. The van der Waals surface area contributed by atoms with Crippen molar-refractivity contribution in [2.24, 2.45) is 0 Å². The summed E-state index contributed by atoms with van der Waals surface area (Å²) in [5, 5.41) is 20.3. The number of ether oxygens (including phenoxy) is 1. The molecule has 0 radical (unpaired) electrons. The van der Waals surface area contributed by atoms with Crippen LogP contribution in [-0.4, -0.2) is 70.4 Å². The maximum Gasteiger partial charge on any atom is 0.490 e. The first-order valence-corrected chi connectivity index (χ1v) is 18.0. The maximum absolute atomic E-state index is 12.1. The highest BCUT2D eigenvalue weighted by Gasteiger charge is 2.48. The van der Waals surface area contributed by atoms with Gasteiger partial charge in [-0.3, -0.25) is 23.4 Å². The zero-order valence-corrected chi connectivity index (χ0v) is 24.6. The third-order valence-electron chi connectivity index (χ3n) is 5.30. The zero-order chi connectivity index (χ0) is 30.4. The van der Waals surface area contributed by atoms with E-state index in [1.807, 2.05) is 11.9 Å². The SMILES string of the molecule is CCCCCCCCP(=O)(O)OP(=O)(O)OP(=O)(O)OP(=O)(O)OC[C@H]1O[C@@H](n2ccc(=O)[nH]c2=O)C(O)[C@H]1O. The van der Waals surface area contributed by atoms with E-state index < -0.39 is 79.6 Å². The molecule has 1 aromatic rings. The number of H-pyrrole nitrogens is 1. The molecule has 7 N–H and O–H groups in total. The molecule has 40 heavy (non-hydrogen) atoms. The Morgan fingerprint density at radius 3 is 2.08 bits per heavy atom. The second kappa shape index (κ2) is 14.6. The molecule has 5 unspecified atom stereocenters. The predicted octanol–water partition coefficient (Wildman–Crippen LogP) is 1.07. The van der Waals surface area contributed by atoms with Crippen LogP contribution < -0.4 is 11.2 Å². The number of rotatable bonds is 17. The van der Waals surface area contributed by atoms with Gasteiger partial charge in [-0.25, -0.2) is 22.8 Å². The van der Waals surface area contributed by atoms with Crippen LogP contribution in [0.4, 0.5) is 0 Å². The van der Waals surface area contributed by atoms with Crippen LogP contribution in [0.3, 0.4) is 0 Å². The van der Waals surface area contributed by atoms with Gasteiger partial charge in [-0.1, -0.05) is 39.0 Å². The fourth-order valence-electron chi connectivity index (χ4n) is 3.50. The van der Waals surface area contributed by atoms with Gasteiger partial charge in [0, 0.05) is 12.3 Å². The van der Waals surface area contributed by atoms with Crippen LogP contribution in [0.1, 0.15) is 51.7 Å². The summed E-state index contributed by atoms with van der Waals surface area (Å²) in [6.45, 7) is 0.898. The molecule has 2 heterocycles. The first kappa shape index (κ1) is 35.4. The summed E-state index contributed by atoms with van der Waals surface area (Å²) in [6, 6.07) is 0.913. The van der Waals surface area contributed by atoms with Crippen LogP contribution in [0.5, 0.6) is 0 Å². The molecule has 0 saturated carbocycles. The summed E-state index contributed by atoms with van der Waals surface area (Å²) in [6.07, 6.45) is -2.28. The van der Waals surface area contributed by atoms with Gasteiger partial charge >= 0.3 is 36.8 Å². The lowest BCUT2D eigenvalue weighted by Gasteiger charge is -2.21. The van der Waals surface area contributed by atoms with Crippen molar-refractivity contribution >= 4 is 31.1 Å². The molecule has 0 amide bonds. The number of aliphatic hydroxyl groups excluding tert-OH is 2. The van der Waals surface area contributed by atoms with E-state index in [1.165, 1.54) is 0 Å². The van der Waals surface area contributed by atoms with Crippen LogP contribution in [0.15, 0.2) is 21.9 Å². The number of aliphatic hydroxyl groups is 2. The highest BCUT2D eigenvalue weighted by molar-refractivity contribution is 7.70. The second-order valence-corrected chi connectivity index (χ2v) is 15.4. The van der Waals surface area contributed by atoms with Crippen LogP contribution in [-0.2, 0) is 40.5 Å². The van der Waals surface area contributed by atoms with Gasteiger partial charge in [0.2, 0.25) is 0 Å². The number of unbranched alkanes of at least 4 members (excludes halogenated alkanes) is 5. The summed E-state index contributed by atoms with van der Waals surface area (Å²) in [5.74, 6) is 0. The minimum Gasteiger partial charge on any atom is -0.387 e. The summed E-state index contributed by atoms with van der Waals surface area (Å²) >= 11 is 0. The smallest absolute Gasteiger partial charge is 0.387 e. The van der Waals surface area contributed by atoms with Crippen molar-refractivity contribution in [3.63, 3.8) is 0 Å². The summed E-state index contributed by atoms with van der Waals surface area (Å²) in [7, 11) is -22.2. The number of hydrogen-bond acceptors (Lipinski definition) is 13. The van der Waals surface area contributed by atoms with E-state index in [9.17, 15) is 57.6 Å². The molecule has 0 spiro atoms. The van der Waals surface area contributed by atoms with Gasteiger partial charge in [0.1, 0.15) is 18.3 Å². The van der Waals surface area contributed by atoms with Gasteiger partial charge in [0.05, 0.1) is 12.8 Å². The molecule has 19 nitrogen and oxygen atoms in total. The van der Waals surface area contributed by atoms with Crippen LogP contribution >= 0.6 is 31.1 Å². The van der Waals surface area contributed by atoms with Crippen molar-refractivity contribution in [3.05, 3.63) is 33.1 Å². The first-order valence-electron chi connectivity index (χ1n) is 11.8. The second-order valence-electron chi connectivity index (χ2n) is 8.64. The molecule has 1 aromatic heterocycles. The van der Waals surface area contributed by atoms with E-state index in [4.69, 9.17) is 4.74 Å². The maximum atomic E-state index is 12.1. The van der Waals surface area contributed by atoms with E-state index in [2.05, 4.69) is 17.5 Å². The molecule has 0 bridgehead atoms. The van der Waals surface area contributed by atoms with Crippen LogP contribution in [0.2, 0.25) is 0 Å². The lowest BCUT2D eigenvalue weighted by molar-refractivity contribution is -0.0542. The van der Waals surface area contributed by atoms with Crippen molar-refractivity contribution in [2.45, 2.75) is 70.0 Å². The third kappa shape index (κ3) is 11.4. The Kier molecular flexibility index (Phi) is 12.9. The van der Waals surface area contributed by atoms with Crippen LogP contribution in [0, 0.1) is 0 Å². The van der Waals surface area contributed by atoms with Gasteiger partial charge < -0.3 is 34.5 Å². The number of phosphoric acid groups is 3. The molecule has 0 aromatic carbocycles. The van der Waals surface area contributed by atoms with Crippen LogP contribution in [0.25, 0.3) is 0 Å². The van der Waals surface area contributed by atoms with E-state index in [0.29, 0.717) is 11.0 Å². The van der Waals surface area contributed by atoms with Gasteiger partial charge in [0.25, 0.3) is 5.56 Å². The Bertz CT molecular complexity index is 1300. The largest absolute Gasteiger partial charge is 0.490 e. The van der Waals surface area contributed by atoms with E-state index in [0.717, 1.165) is 37.9 Å². The Labute approximate surface area is 227 Å². The molecule has 1 aliphatic heterocycles. The van der Waals surface area contributed by atoms with Crippen molar-refractivity contribution in [2.75, 3.05) is 12.8 Å². The number of nitrogens with zero attached hydrogens (tertiary/aromatic N) is 1. The molecule has 23 heteroatoms. The summed E-state index contributed by atoms with van der Waals surface area (Å²) < 4.78 is 70.3. The molecule has 2 rings (SSSR count). The van der Waals surface area contributed by atoms with Gasteiger partial charge in [-0.2, -0.15) is 8.62 Å². The molecule has 1 fully saturated rings. The molecule has 8 atom stereocenters. The Morgan fingerprint density at radius 2 is 1.45 bits per heavy atom. The minimum absolute atomic E-state index is 0.131. The predicted molar refractivity (Wildman–Crippen MR) is 134 cm³/mol. The Morgan fingerprint density at radius 1 is 0.875 bits per heavy atom. The summed E-state index contributed by atoms with van der Waals surface area (Å²) in [5.41, 5.74) is -1.78. The fraction of sp³-hybridized carbons (Fsp3) is 0.765. The fourth-order valence-corrected chi connectivity index (χ4v) is 9.13. The summed E-state index contributed by atoms with van der Waals surface area (Å²) in [4.78, 5) is 63.7. The monoisotopic (exact) mass is 660 g/mol. The van der Waals surface area contributed by atoms with Gasteiger partial charge in [0.15, 0.2) is 6.23 Å². The zero-order valence-electron chi connectivity index (χ0n) is 21.0. The highest BCUT2D eigenvalue weighted by atomic mass is 31.3. The van der Waals surface area contributed by atoms with Crippen molar-refractivity contribution < 1.29 is 70.2 Å². The lowest BCUT2D eigenvalue weighted by atomic mass is 10.1. The molecule has 1 aliphatic rings. The number of hydrogen-bond donors (Lipinski definition) is 7. The number of aromatic amines is 1.